The fourth-order valence-electron chi connectivity index (χ4n) is 8.23. The van der Waals surface area contributed by atoms with Gasteiger partial charge in [0, 0.05) is 19.4 Å². The van der Waals surface area contributed by atoms with Crippen molar-refractivity contribution in [2.45, 2.75) is 160 Å². The van der Waals surface area contributed by atoms with E-state index < -0.39 is 120 Å². The van der Waals surface area contributed by atoms with Crippen LogP contribution in [0.15, 0.2) is 54.6 Å². The van der Waals surface area contributed by atoms with E-state index in [-0.39, 0.29) is 69.2 Å². The van der Waals surface area contributed by atoms with Gasteiger partial charge in [-0.05, 0) is 100 Å². The summed E-state index contributed by atoms with van der Waals surface area (Å²) in [5.41, 5.74) is 12.6. The molecular formula is C51H78N10O13. The summed E-state index contributed by atoms with van der Waals surface area (Å²) in [6.45, 7) is 9.31. The van der Waals surface area contributed by atoms with Crippen LogP contribution in [0, 0.1) is 11.8 Å². The van der Waals surface area contributed by atoms with Crippen molar-refractivity contribution in [1.82, 2.24) is 42.1 Å². The van der Waals surface area contributed by atoms with Crippen molar-refractivity contribution < 1.29 is 63.6 Å². The number of aliphatic hydroxyl groups excluding tert-OH is 2. The molecule has 0 bridgehead atoms. The van der Waals surface area contributed by atoms with Gasteiger partial charge >= 0.3 is 5.97 Å². The van der Waals surface area contributed by atoms with Gasteiger partial charge in [-0.1, -0.05) is 70.2 Å². The first-order chi connectivity index (χ1) is 34.9. The summed E-state index contributed by atoms with van der Waals surface area (Å²) in [6, 6.07) is 2.73. The topological polar surface area (TPSA) is 374 Å². The van der Waals surface area contributed by atoms with Crippen LogP contribution in [0.25, 0.3) is 0 Å². The molecule has 0 unspecified atom stereocenters. The molecular weight excluding hydrogens is 961 g/mol. The molecule has 1 aliphatic heterocycles. The van der Waals surface area contributed by atoms with E-state index in [2.05, 4.69) is 37.2 Å². The van der Waals surface area contributed by atoms with Crippen molar-refractivity contribution in [1.29, 1.82) is 0 Å². The Kier molecular flexibility index (Phi) is 25.4. The standard InChI is InChI=1S/C51H78N10O13/c1-28(2)23-36(58-49(71)42(53)31(6)63)45(67)54-30(5)43(65)55-35(15-10-11-21-52)44(66)56-37(25-32-13-8-7-9-14-32)47(69)60-40(27-62)50(72)61-22-12-16-41(61)48(70)57-38(26-33-17-19-34(64)20-18-33)46(68)59-39(51(73)74)24-29(3)4/h7-9,13-14,17-20,28-31,35-42,62-64H,10-12,15-16,21-27,52-53H2,1-6H3,(H,54,67)(H,55,65)(H,56,66)(H,57,70)(H,58,71)(H,59,68)(H,60,69)(H,73,74)/t30-,31+,35-,36-,37-,38-,39-,40-,41-,42-/m0/s1. The molecule has 0 spiro atoms. The van der Waals surface area contributed by atoms with Crippen molar-refractivity contribution >= 4 is 53.2 Å². The van der Waals surface area contributed by atoms with E-state index >= 15 is 0 Å². The van der Waals surface area contributed by atoms with Gasteiger partial charge in [0.15, 0.2) is 0 Å². The van der Waals surface area contributed by atoms with Crippen molar-refractivity contribution in [3.8, 4) is 5.75 Å². The SMILES string of the molecule is CC(C)C[C@H](NC(=O)[C@H](Cc1ccc(O)cc1)NC(=O)[C@@H]1CCCN1C(=O)[C@H](CO)NC(=O)[C@H](Cc1ccccc1)NC(=O)[C@H](CCCCN)NC(=O)[C@H](C)NC(=O)[C@H](CC(C)C)NC(=O)[C@@H](N)[C@@H](C)O)C(=O)O. The number of carbonyl (C=O) groups excluding carboxylic acids is 8. The molecule has 410 valence electrons. The average molecular weight is 1040 g/mol. The number of aliphatic carboxylic acids is 1. The molecule has 1 fully saturated rings. The number of hydrogen-bond acceptors (Lipinski definition) is 14. The second kappa shape index (κ2) is 30.5. The number of phenolic OH excluding ortho intramolecular Hbond substituents is 1. The number of nitrogens with two attached hydrogens (primary N) is 2. The van der Waals surface area contributed by atoms with E-state index in [4.69, 9.17) is 11.5 Å². The van der Waals surface area contributed by atoms with Gasteiger partial charge in [-0.3, -0.25) is 38.4 Å². The lowest BCUT2D eigenvalue weighted by Gasteiger charge is -2.30. The number of hydrogen-bond donors (Lipinski definition) is 13. The van der Waals surface area contributed by atoms with Crippen molar-refractivity contribution in [3.63, 3.8) is 0 Å². The van der Waals surface area contributed by atoms with Crippen LogP contribution in [0.4, 0.5) is 0 Å². The molecule has 0 radical (unpaired) electrons. The lowest BCUT2D eigenvalue weighted by molar-refractivity contribution is -0.144. The number of likely N-dealkylation sites (tertiary alicyclic amines) is 1. The molecule has 8 amide bonds. The molecule has 1 saturated heterocycles. The highest BCUT2D eigenvalue weighted by Gasteiger charge is 2.40. The van der Waals surface area contributed by atoms with Crippen LogP contribution in [0.1, 0.15) is 97.6 Å². The van der Waals surface area contributed by atoms with Gasteiger partial charge in [-0.2, -0.15) is 0 Å². The van der Waals surface area contributed by atoms with Crippen LogP contribution in [-0.4, -0.2) is 159 Å². The first-order valence-corrected chi connectivity index (χ1v) is 25.2. The van der Waals surface area contributed by atoms with Gasteiger partial charge in [0.05, 0.1) is 12.7 Å². The largest absolute Gasteiger partial charge is 0.508 e. The number of unbranched alkanes of at least 4 members (excludes halogenated alkanes) is 1. The Bertz CT molecular complexity index is 2200. The summed E-state index contributed by atoms with van der Waals surface area (Å²) in [5.74, 6) is -7.81. The van der Waals surface area contributed by atoms with E-state index in [1.807, 2.05) is 13.8 Å². The van der Waals surface area contributed by atoms with Crippen LogP contribution in [-0.2, 0) is 56.0 Å². The number of phenols is 1. The Morgan fingerprint density at radius 3 is 1.68 bits per heavy atom. The van der Waals surface area contributed by atoms with Crippen LogP contribution in [0.2, 0.25) is 0 Å². The predicted octanol–water partition coefficient (Wildman–Crippen LogP) is -1.41. The number of amides is 8. The summed E-state index contributed by atoms with van der Waals surface area (Å²) in [7, 11) is 0. The normalized spacial score (nSPS) is 17.0. The summed E-state index contributed by atoms with van der Waals surface area (Å²) < 4.78 is 0. The van der Waals surface area contributed by atoms with E-state index in [9.17, 15) is 63.6 Å². The number of benzene rings is 2. The first-order valence-electron chi connectivity index (χ1n) is 25.2. The van der Waals surface area contributed by atoms with Gasteiger partial charge in [0.1, 0.15) is 60.1 Å². The first kappa shape index (κ1) is 61.6. The van der Waals surface area contributed by atoms with Crippen LogP contribution in [0.3, 0.4) is 0 Å². The van der Waals surface area contributed by atoms with Crippen LogP contribution < -0.4 is 48.7 Å². The highest BCUT2D eigenvalue weighted by Crippen LogP contribution is 2.20. The summed E-state index contributed by atoms with van der Waals surface area (Å²) in [5, 5.41) is 58.1. The van der Waals surface area contributed by atoms with Gasteiger partial charge in [-0.15, -0.1) is 0 Å². The summed E-state index contributed by atoms with van der Waals surface area (Å²) in [4.78, 5) is 123. The molecule has 1 aliphatic rings. The lowest BCUT2D eigenvalue weighted by atomic mass is 10.0. The van der Waals surface area contributed by atoms with Crippen molar-refractivity contribution in [2.24, 2.45) is 23.3 Å². The molecule has 23 nitrogen and oxygen atoms in total. The maximum atomic E-state index is 14.2. The fourth-order valence-corrected chi connectivity index (χ4v) is 8.23. The van der Waals surface area contributed by atoms with Gasteiger partial charge < -0.3 is 74.0 Å². The number of carboxylic acids is 1. The number of aromatic hydroxyl groups is 1. The van der Waals surface area contributed by atoms with Crippen LogP contribution in [0.5, 0.6) is 5.75 Å². The van der Waals surface area contributed by atoms with E-state index in [1.54, 1.807) is 44.2 Å². The zero-order valence-corrected chi connectivity index (χ0v) is 43.2. The lowest BCUT2D eigenvalue weighted by Crippen LogP contribution is -2.61. The minimum atomic E-state index is -1.62. The molecule has 0 aromatic heterocycles. The van der Waals surface area contributed by atoms with E-state index in [0.29, 0.717) is 30.4 Å². The fraction of sp³-hybridized carbons (Fsp3) is 0.588. The van der Waals surface area contributed by atoms with Crippen molar-refractivity contribution in [2.75, 3.05) is 19.7 Å². The number of nitrogens with one attached hydrogen (secondary N) is 7. The molecule has 0 saturated carbocycles. The number of aliphatic hydroxyl groups is 2. The number of carboxylic acid groups (broad SMARTS) is 1. The third-order valence-electron chi connectivity index (χ3n) is 12.4. The summed E-state index contributed by atoms with van der Waals surface area (Å²) in [6.07, 6.45) is 0.234. The second-order valence-electron chi connectivity index (χ2n) is 19.7. The highest BCUT2D eigenvalue weighted by atomic mass is 16.4. The van der Waals surface area contributed by atoms with Crippen molar-refractivity contribution in [3.05, 3.63) is 65.7 Å². The van der Waals surface area contributed by atoms with Gasteiger partial charge in [-0.25, -0.2) is 4.79 Å². The van der Waals surface area contributed by atoms with Gasteiger partial charge in [0.25, 0.3) is 0 Å². The third-order valence-corrected chi connectivity index (χ3v) is 12.4. The summed E-state index contributed by atoms with van der Waals surface area (Å²) >= 11 is 0. The Morgan fingerprint density at radius 1 is 0.622 bits per heavy atom. The number of carbonyl (C=O) groups is 9. The van der Waals surface area contributed by atoms with E-state index in [0.717, 1.165) is 0 Å². The molecule has 10 atom stereocenters. The second-order valence-corrected chi connectivity index (χ2v) is 19.7. The maximum Gasteiger partial charge on any atom is 0.326 e. The zero-order valence-electron chi connectivity index (χ0n) is 43.2. The molecule has 2 aromatic rings. The highest BCUT2D eigenvalue weighted by molar-refractivity contribution is 5.98. The molecule has 23 heteroatoms. The molecule has 1 heterocycles. The molecule has 15 N–H and O–H groups in total. The average Bonchev–Trinajstić information content (AvgIpc) is 3.85. The Hall–Kier alpha value is -6.69. The predicted molar refractivity (Wildman–Crippen MR) is 272 cm³/mol. The monoisotopic (exact) mass is 1040 g/mol. The molecule has 3 rings (SSSR count). The number of rotatable bonds is 30. The Morgan fingerprint density at radius 2 is 1.12 bits per heavy atom. The minimum Gasteiger partial charge on any atom is -0.508 e. The Balaban J connectivity index is 1.83. The van der Waals surface area contributed by atoms with Crippen LogP contribution >= 0.6 is 0 Å². The number of nitrogens with zero attached hydrogens (tertiary/aromatic N) is 1. The van der Waals surface area contributed by atoms with Gasteiger partial charge in [0.2, 0.25) is 47.3 Å². The zero-order chi connectivity index (χ0) is 55.2. The van der Waals surface area contributed by atoms with E-state index in [1.165, 1.54) is 43.0 Å². The molecule has 0 aliphatic carbocycles. The quantitative estimate of drug-likeness (QED) is 0.0400. The molecule has 2 aromatic carbocycles. The minimum absolute atomic E-state index is 0.0327. The smallest absolute Gasteiger partial charge is 0.326 e. The Labute approximate surface area is 432 Å². The maximum absolute atomic E-state index is 14.2. The molecule has 74 heavy (non-hydrogen) atoms. The third kappa shape index (κ3) is 20.0.